The van der Waals surface area contributed by atoms with Gasteiger partial charge in [0.25, 0.3) is 10.0 Å². The SMILES string of the molecule is COc1ccc(S(=O)(=O)N(CC(=O)Nc2cccc(C(F)(F)F)c2)c2ccc(Cl)cc2)cc1. The van der Waals surface area contributed by atoms with Crippen molar-refractivity contribution in [1.29, 1.82) is 0 Å². The number of carbonyl (C=O) groups is 1. The van der Waals surface area contributed by atoms with E-state index in [0.717, 1.165) is 22.5 Å². The van der Waals surface area contributed by atoms with Crippen LogP contribution in [0, 0.1) is 0 Å². The molecule has 0 heterocycles. The molecule has 0 aliphatic heterocycles. The minimum atomic E-state index is -4.59. The van der Waals surface area contributed by atoms with E-state index in [2.05, 4.69) is 5.32 Å². The number of hydrogen-bond donors (Lipinski definition) is 1. The third-order valence-electron chi connectivity index (χ3n) is 4.52. The lowest BCUT2D eigenvalue weighted by Crippen LogP contribution is -2.38. The summed E-state index contributed by atoms with van der Waals surface area (Å²) in [5, 5.41) is 2.67. The summed E-state index contributed by atoms with van der Waals surface area (Å²) in [4.78, 5) is 12.6. The Morgan fingerprint density at radius 1 is 1.03 bits per heavy atom. The van der Waals surface area contributed by atoms with Gasteiger partial charge in [0.05, 0.1) is 23.3 Å². The molecule has 6 nitrogen and oxygen atoms in total. The predicted octanol–water partition coefficient (Wildman–Crippen LogP) is 5.20. The van der Waals surface area contributed by atoms with Crippen molar-refractivity contribution in [3.8, 4) is 5.75 Å². The van der Waals surface area contributed by atoms with Crippen molar-refractivity contribution in [2.24, 2.45) is 0 Å². The Labute approximate surface area is 193 Å². The van der Waals surface area contributed by atoms with Gasteiger partial charge in [0, 0.05) is 10.7 Å². The summed E-state index contributed by atoms with van der Waals surface area (Å²) in [6.07, 6.45) is -4.59. The van der Waals surface area contributed by atoms with Crippen LogP contribution in [0.15, 0.2) is 77.7 Å². The molecule has 0 unspecified atom stereocenters. The molecule has 0 saturated heterocycles. The van der Waals surface area contributed by atoms with Crippen molar-refractivity contribution in [1.82, 2.24) is 0 Å². The molecule has 0 fully saturated rings. The Bertz CT molecular complexity index is 1230. The van der Waals surface area contributed by atoms with Gasteiger partial charge in [-0.3, -0.25) is 9.10 Å². The van der Waals surface area contributed by atoms with Gasteiger partial charge >= 0.3 is 6.18 Å². The first-order valence-electron chi connectivity index (χ1n) is 9.40. The Hall–Kier alpha value is -3.24. The third-order valence-corrected chi connectivity index (χ3v) is 6.56. The highest BCUT2D eigenvalue weighted by Gasteiger charge is 2.31. The van der Waals surface area contributed by atoms with Gasteiger partial charge in [-0.15, -0.1) is 0 Å². The maximum Gasteiger partial charge on any atom is 0.416 e. The molecule has 3 aromatic carbocycles. The summed E-state index contributed by atoms with van der Waals surface area (Å²) < 4.78 is 71.3. The zero-order valence-corrected chi connectivity index (χ0v) is 18.7. The molecule has 11 heteroatoms. The van der Waals surface area contributed by atoms with Crippen LogP contribution in [0.25, 0.3) is 0 Å². The molecule has 3 aromatic rings. The van der Waals surface area contributed by atoms with Crippen LogP contribution in [0.2, 0.25) is 5.02 Å². The summed E-state index contributed by atoms with van der Waals surface area (Å²) in [5.41, 5.74) is -0.914. The lowest BCUT2D eigenvalue weighted by atomic mass is 10.2. The van der Waals surface area contributed by atoms with Crippen LogP contribution in [-0.4, -0.2) is 28.0 Å². The van der Waals surface area contributed by atoms with Crippen LogP contribution in [0.5, 0.6) is 5.75 Å². The highest BCUT2D eigenvalue weighted by molar-refractivity contribution is 7.92. The van der Waals surface area contributed by atoms with Gasteiger partial charge in [-0.1, -0.05) is 17.7 Å². The van der Waals surface area contributed by atoms with E-state index in [0.29, 0.717) is 10.8 Å². The fourth-order valence-electron chi connectivity index (χ4n) is 2.90. The predicted molar refractivity (Wildman–Crippen MR) is 119 cm³/mol. The molecule has 174 valence electrons. The second kappa shape index (κ2) is 9.72. The minimum Gasteiger partial charge on any atom is -0.497 e. The Morgan fingerprint density at radius 3 is 2.24 bits per heavy atom. The molecular formula is C22H18ClF3N2O4S. The number of alkyl halides is 3. The van der Waals surface area contributed by atoms with Gasteiger partial charge in [0.1, 0.15) is 12.3 Å². The molecule has 3 rings (SSSR count). The zero-order chi connectivity index (χ0) is 24.2. The number of hydrogen-bond acceptors (Lipinski definition) is 4. The number of nitrogens with one attached hydrogen (secondary N) is 1. The van der Waals surface area contributed by atoms with Crippen LogP contribution in [-0.2, 0) is 21.0 Å². The molecule has 0 aliphatic carbocycles. The highest BCUT2D eigenvalue weighted by atomic mass is 35.5. The number of benzene rings is 3. The van der Waals surface area contributed by atoms with E-state index in [4.69, 9.17) is 16.3 Å². The highest BCUT2D eigenvalue weighted by Crippen LogP contribution is 2.31. The Kier molecular flexibility index (Phi) is 7.19. The molecule has 0 bridgehead atoms. The van der Waals surface area contributed by atoms with E-state index in [1.165, 1.54) is 61.7 Å². The number of methoxy groups -OCH3 is 1. The number of carbonyl (C=O) groups excluding carboxylic acids is 1. The molecular weight excluding hydrogens is 481 g/mol. The van der Waals surface area contributed by atoms with Gasteiger partial charge in [-0.25, -0.2) is 8.42 Å². The van der Waals surface area contributed by atoms with Crippen LogP contribution in [0.3, 0.4) is 0 Å². The largest absolute Gasteiger partial charge is 0.497 e. The van der Waals surface area contributed by atoms with Crippen molar-refractivity contribution in [3.05, 3.63) is 83.4 Å². The minimum absolute atomic E-state index is 0.106. The number of anilines is 2. The van der Waals surface area contributed by atoms with Crippen molar-refractivity contribution in [3.63, 3.8) is 0 Å². The second-order valence-corrected chi connectivity index (χ2v) is 9.09. The number of halogens is 4. The summed E-state index contributed by atoms with van der Waals surface area (Å²) in [5.74, 6) is -0.393. The monoisotopic (exact) mass is 498 g/mol. The third kappa shape index (κ3) is 5.96. The van der Waals surface area contributed by atoms with Gasteiger partial charge in [-0.2, -0.15) is 13.2 Å². The zero-order valence-electron chi connectivity index (χ0n) is 17.1. The number of amides is 1. The average Bonchev–Trinajstić information content (AvgIpc) is 2.78. The van der Waals surface area contributed by atoms with Crippen molar-refractivity contribution in [2.75, 3.05) is 23.3 Å². The molecule has 0 aromatic heterocycles. The summed E-state index contributed by atoms with van der Waals surface area (Å²) in [6, 6.07) is 15.3. The Balaban J connectivity index is 1.92. The summed E-state index contributed by atoms with van der Waals surface area (Å²) in [6.45, 7) is -0.688. The summed E-state index contributed by atoms with van der Waals surface area (Å²) >= 11 is 5.89. The molecule has 0 atom stereocenters. The fourth-order valence-corrected chi connectivity index (χ4v) is 4.45. The van der Waals surface area contributed by atoms with E-state index in [9.17, 15) is 26.4 Å². The Morgan fingerprint density at radius 2 is 1.67 bits per heavy atom. The fraction of sp³-hybridized carbons (Fsp3) is 0.136. The molecule has 33 heavy (non-hydrogen) atoms. The summed E-state index contributed by atoms with van der Waals surface area (Å²) in [7, 11) is -2.78. The van der Waals surface area contributed by atoms with Crippen LogP contribution < -0.4 is 14.4 Å². The molecule has 0 saturated carbocycles. The van der Waals surface area contributed by atoms with Crippen molar-refractivity contribution < 1.29 is 31.1 Å². The van der Waals surface area contributed by atoms with Crippen LogP contribution in [0.1, 0.15) is 5.56 Å². The normalized spacial score (nSPS) is 11.7. The molecule has 0 aliphatic rings. The second-order valence-electron chi connectivity index (χ2n) is 6.79. The van der Waals surface area contributed by atoms with Crippen molar-refractivity contribution >= 4 is 38.9 Å². The quantitative estimate of drug-likeness (QED) is 0.486. The van der Waals surface area contributed by atoms with E-state index in [1.54, 1.807) is 0 Å². The standard InChI is InChI=1S/C22H18ClF3N2O4S/c1-32-19-9-11-20(12-10-19)33(30,31)28(18-7-5-16(23)6-8-18)14-21(29)27-17-4-2-3-15(13-17)22(24,25)26/h2-13H,14H2,1H3,(H,27,29). The topological polar surface area (TPSA) is 75.7 Å². The number of sulfonamides is 1. The van der Waals surface area contributed by atoms with Crippen LogP contribution in [0.4, 0.5) is 24.5 Å². The van der Waals surface area contributed by atoms with E-state index >= 15 is 0 Å². The lowest BCUT2D eigenvalue weighted by Gasteiger charge is -2.24. The van der Waals surface area contributed by atoms with Gasteiger partial charge in [0.15, 0.2) is 0 Å². The lowest BCUT2D eigenvalue weighted by molar-refractivity contribution is -0.137. The number of nitrogens with zero attached hydrogens (tertiary/aromatic N) is 1. The molecule has 0 spiro atoms. The van der Waals surface area contributed by atoms with Gasteiger partial charge < -0.3 is 10.1 Å². The molecule has 1 amide bonds. The number of rotatable bonds is 7. The maximum atomic E-state index is 13.3. The molecule has 1 N–H and O–H groups in total. The average molecular weight is 499 g/mol. The van der Waals surface area contributed by atoms with E-state index in [1.807, 2.05) is 0 Å². The van der Waals surface area contributed by atoms with Crippen LogP contribution >= 0.6 is 11.6 Å². The first kappa shape index (κ1) is 24.4. The van der Waals surface area contributed by atoms with E-state index in [-0.39, 0.29) is 16.3 Å². The maximum absolute atomic E-state index is 13.3. The first-order chi connectivity index (χ1) is 15.5. The molecule has 0 radical (unpaired) electrons. The van der Waals surface area contributed by atoms with E-state index < -0.39 is 34.2 Å². The first-order valence-corrected chi connectivity index (χ1v) is 11.2. The smallest absolute Gasteiger partial charge is 0.416 e. The number of ether oxygens (including phenoxy) is 1. The van der Waals surface area contributed by atoms with Gasteiger partial charge in [-0.05, 0) is 66.7 Å². The van der Waals surface area contributed by atoms with Crippen molar-refractivity contribution in [2.45, 2.75) is 11.1 Å². The van der Waals surface area contributed by atoms with Gasteiger partial charge in [0.2, 0.25) is 5.91 Å².